The van der Waals surface area contributed by atoms with E-state index >= 15 is 0 Å². The number of hydrogen-bond acceptors (Lipinski definition) is 3. The van der Waals surface area contributed by atoms with Gasteiger partial charge in [-0.15, -0.1) is 0 Å². The molecule has 1 aliphatic heterocycles. The van der Waals surface area contributed by atoms with Crippen molar-refractivity contribution in [1.29, 1.82) is 0 Å². The van der Waals surface area contributed by atoms with Crippen molar-refractivity contribution in [3.63, 3.8) is 0 Å². The highest BCUT2D eigenvalue weighted by atomic mass is 32.2. The van der Waals surface area contributed by atoms with Crippen LogP contribution in [0.25, 0.3) is 0 Å². The fourth-order valence-electron chi connectivity index (χ4n) is 2.86. The Morgan fingerprint density at radius 2 is 1.72 bits per heavy atom. The highest BCUT2D eigenvalue weighted by Gasteiger charge is 2.51. The Labute approximate surface area is 139 Å². The smallest absolute Gasteiger partial charge is 0.380 e. The Balaban J connectivity index is 2.03. The van der Waals surface area contributed by atoms with Crippen LogP contribution in [0.5, 0.6) is 0 Å². The fourth-order valence-corrected chi connectivity index (χ4v) is 3.81. The maximum Gasteiger partial charge on any atom is 0.511 e. The Morgan fingerprint density at radius 1 is 1.08 bits per heavy atom. The first-order valence-electron chi connectivity index (χ1n) is 7.42. The van der Waals surface area contributed by atoms with Gasteiger partial charge in [-0.25, -0.2) is 8.42 Å². The molecule has 0 aromatic heterocycles. The molecule has 0 saturated heterocycles. The van der Waals surface area contributed by atoms with Gasteiger partial charge in [0.1, 0.15) is 0 Å². The molecule has 1 unspecified atom stereocenters. The molecule has 0 spiro atoms. The molecule has 25 heavy (non-hydrogen) atoms. The third kappa shape index (κ3) is 3.57. The summed E-state index contributed by atoms with van der Waals surface area (Å²) in [4.78, 5) is 0. The average molecular weight is 388 g/mol. The summed E-state index contributed by atoms with van der Waals surface area (Å²) < 4.78 is 101. The van der Waals surface area contributed by atoms with E-state index in [-0.39, 0.29) is 21.5 Å². The molecule has 1 fully saturated rings. The lowest BCUT2D eigenvalue weighted by Crippen LogP contribution is -2.44. The van der Waals surface area contributed by atoms with Crippen molar-refractivity contribution in [3.05, 3.63) is 29.3 Å². The maximum atomic E-state index is 12.9. The summed E-state index contributed by atoms with van der Waals surface area (Å²) >= 11 is 0. The lowest BCUT2D eigenvalue weighted by atomic mass is 10.1. The Kier molecular flexibility index (Phi) is 4.22. The van der Waals surface area contributed by atoms with E-state index in [1.54, 1.807) is 0 Å². The number of nitrogens with one attached hydrogen (secondary N) is 1. The van der Waals surface area contributed by atoms with Gasteiger partial charge in [-0.3, -0.25) is 0 Å². The van der Waals surface area contributed by atoms with Crippen molar-refractivity contribution >= 4 is 15.7 Å². The predicted octanol–water partition coefficient (Wildman–Crippen LogP) is 3.56. The van der Waals surface area contributed by atoms with Crippen molar-refractivity contribution < 1.29 is 34.8 Å². The average Bonchev–Trinajstić information content (AvgIpc) is 3.29. The van der Waals surface area contributed by atoms with Crippen molar-refractivity contribution in [1.82, 2.24) is 4.31 Å². The van der Waals surface area contributed by atoms with Gasteiger partial charge in [0.05, 0.1) is 5.56 Å². The standard InChI is InChI=1S/C14H14F6N2O2S/c15-13(16,17)10-3-4-11-9(5-10)6-22(25(23,24)14(18,19)20)7-12(21-11)8-1-2-8/h3-5,8,12,21H,1-2,6-7H2. The van der Waals surface area contributed by atoms with Gasteiger partial charge in [0.25, 0.3) is 0 Å². The largest absolute Gasteiger partial charge is 0.511 e. The molecule has 0 amide bonds. The lowest BCUT2D eigenvalue weighted by molar-refractivity contribution is -0.137. The third-order valence-electron chi connectivity index (χ3n) is 4.34. The van der Waals surface area contributed by atoms with E-state index in [1.807, 2.05) is 0 Å². The van der Waals surface area contributed by atoms with Crippen LogP contribution in [0.15, 0.2) is 18.2 Å². The summed E-state index contributed by atoms with van der Waals surface area (Å²) in [5.74, 6) is -0.000763. The lowest BCUT2D eigenvalue weighted by Gasteiger charge is -2.25. The second-order valence-corrected chi connectivity index (χ2v) is 8.13. The number of halogens is 6. The summed E-state index contributed by atoms with van der Waals surface area (Å²) in [5.41, 5.74) is -6.45. The summed E-state index contributed by atoms with van der Waals surface area (Å²) in [6.07, 6.45) is -3.22. The highest BCUT2D eigenvalue weighted by molar-refractivity contribution is 7.89. The molecule has 11 heteroatoms. The zero-order valence-electron chi connectivity index (χ0n) is 12.7. The van der Waals surface area contributed by atoms with Crippen LogP contribution in [0.3, 0.4) is 0 Å². The first kappa shape index (κ1) is 18.3. The van der Waals surface area contributed by atoms with Gasteiger partial charge in [-0.05, 0) is 42.5 Å². The SMILES string of the molecule is O=S(=O)(N1Cc2cc(C(F)(F)F)ccc2NC(C2CC2)C1)C(F)(F)F. The quantitative estimate of drug-likeness (QED) is 0.789. The van der Waals surface area contributed by atoms with E-state index in [9.17, 15) is 34.8 Å². The molecule has 1 aliphatic carbocycles. The van der Waals surface area contributed by atoms with Gasteiger partial charge in [-0.2, -0.15) is 30.6 Å². The molecule has 1 aromatic carbocycles. The minimum absolute atomic E-state index is 0.000763. The van der Waals surface area contributed by atoms with Crippen LogP contribution in [0.2, 0.25) is 0 Å². The van der Waals surface area contributed by atoms with Crippen molar-refractivity contribution in [2.24, 2.45) is 5.92 Å². The molecule has 1 aromatic rings. The van der Waals surface area contributed by atoms with E-state index in [4.69, 9.17) is 0 Å². The fraction of sp³-hybridized carbons (Fsp3) is 0.571. The van der Waals surface area contributed by atoms with Gasteiger partial charge in [0.2, 0.25) is 0 Å². The van der Waals surface area contributed by atoms with Crippen LogP contribution in [0.4, 0.5) is 32.0 Å². The molecular weight excluding hydrogens is 374 g/mol. The van der Waals surface area contributed by atoms with Crippen LogP contribution in [0, 0.1) is 5.92 Å². The number of fused-ring (bicyclic) bond motifs is 1. The molecule has 3 rings (SSSR count). The van der Waals surface area contributed by atoms with E-state index in [0.717, 1.165) is 25.0 Å². The molecule has 140 valence electrons. The van der Waals surface area contributed by atoms with E-state index in [0.29, 0.717) is 6.07 Å². The summed E-state index contributed by atoms with van der Waals surface area (Å²) in [6, 6.07) is 2.08. The summed E-state index contributed by atoms with van der Waals surface area (Å²) in [7, 11) is -5.64. The third-order valence-corrected chi connectivity index (χ3v) is 5.89. The minimum Gasteiger partial charge on any atom is -0.380 e. The second kappa shape index (κ2) is 5.76. The van der Waals surface area contributed by atoms with Crippen LogP contribution < -0.4 is 5.32 Å². The molecular formula is C14H14F6N2O2S. The Bertz CT molecular complexity index is 771. The van der Waals surface area contributed by atoms with Gasteiger partial charge in [0, 0.05) is 24.8 Å². The minimum atomic E-state index is -5.64. The number of anilines is 1. The number of sulfonamides is 1. The van der Waals surface area contributed by atoms with Gasteiger partial charge < -0.3 is 5.32 Å². The molecule has 1 atom stereocenters. The van der Waals surface area contributed by atoms with Crippen molar-refractivity contribution in [2.75, 3.05) is 11.9 Å². The first-order chi connectivity index (χ1) is 11.4. The topological polar surface area (TPSA) is 49.4 Å². The molecule has 0 bridgehead atoms. The molecule has 4 nitrogen and oxygen atoms in total. The number of nitrogens with zero attached hydrogens (tertiary/aromatic N) is 1. The Hall–Kier alpha value is -1.49. The number of benzene rings is 1. The highest BCUT2D eigenvalue weighted by Crippen LogP contribution is 2.40. The van der Waals surface area contributed by atoms with Crippen LogP contribution in [-0.4, -0.2) is 30.8 Å². The van der Waals surface area contributed by atoms with Crippen LogP contribution in [-0.2, 0) is 22.7 Å². The van der Waals surface area contributed by atoms with E-state index < -0.39 is 46.4 Å². The molecule has 1 heterocycles. The normalized spacial score (nSPS) is 22.9. The van der Waals surface area contributed by atoms with Gasteiger partial charge in [0.15, 0.2) is 0 Å². The number of alkyl halides is 6. The molecule has 1 saturated carbocycles. The van der Waals surface area contributed by atoms with E-state index in [2.05, 4.69) is 5.32 Å². The van der Waals surface area contributed by atoms with Gasteiger partial charge >= 0.3 is 21.7 Å². The molecule has 1 N–H and O–H groups in total. The van der Waals surface area contributed by atoms with Crippen molar-refractivity contribution in [3.8, 4) is 0 Å². The predicted molar refractivity (Wildman–Crippen MR) is 77.0 cm³/mol. The second-order valence-electron chi connectivity index (χ2n) is 6.20. The van der Waals surface area contributed by atoms with Gasteiger partial charge in [-0.1, -0.05) is 0 Å². The molecule has 0 radical (unpaired) electrons. The zero-order chi connectivity index (χ0) is 18.6. The van der Waals surface area contributed by atoms with Crippen molar-refractivity contribution in [2.45, 2.75) is 37.1 Å². The van der Waals surface area contributed by atoms with Crippen LogP contribution in [0.1, 0.15) is 24.0 Å². The monoisotopic (exact) mass is 388 g/mol. The maximum absolute atomic E-state index is 12.9. The van der Waals surface area contributed by atoms with E-state index in [1.165, 1.54) is 0 Å². The zero-order valence-corrected chi connectivity index (χ0v) is 13.5. The molecule has 2 aliphatic rings. The summed E-state index contributed by atoms with van der Waals surface area (Å²) in [5, 5.41) is 2.91. The number of rotatable bonds is 2. The van der Waals surface area contributed by atoms with Crippen LogP contribution >= 0.6 is 0 Å². The first-order valence-corrected chi connectivity index (χ1v) is 8.86. The Morgan fingerprint density at radius 3 is 2.24 bits per heavy atom. The summed E-state index contributed by atoms with van der Waals surface area (Å²) in [6.45, 7) is -1.21. The number of hydrogen-bond donors (Lipinski definition) is 1.